The smallest absolute Gasteiger partial charge is 0.104 e. The monoisotopic (exact) mass is 845 g/mol. The summed E-state index contributed by atoms with van der Waals surface area (Å²) in [5, 5.41) is 15.6. The molecule has 2 unspecified atom stereocenters. The van der Waals surface area contributed by atoms with Gasteiger partial charge in [0.1, 0.15) is 6.17 Å². The van der Waals surface area contributed by atoms with E-state index in [1.165, 1.54) is 105 Å². The zero-order valence-electron chi connectivity index (χ0n) is 37.0. The molecule has 1 aromatic heterocycles. The SMILES string of the molecule is CC1(C)c2c(c3ccccc3c3ccccc23)-c2ccc3c4ccccc4n(-c4cccc(-c5ccc(C6C=C(c7ccc(-c8ccccc8)cc7)NC(c7ccccc7)N6)cc5)c4)c3c21. The van der Waals surface area contributed by atoms with Crippen molar-refractivity contribution in [1.82, 2.24) is 15.2 Å². The van der Waals surface area contributed by atoms with Crippen LogP contribution in [0.4, 0.5) is 0 Å². The van der Waals surface area contributed by atoms with E-state index in [2.05, 4.69) is 254 Å². The van der Waals surface area contributed by atoms with Gasteiger partial charge in [0.25, 0.3) is 0 Å². The molecule has 314 valence electrons. The summed E-state index contributed by atoms with van der Waals surface area (Å²) in [6.45, 7) is 4.88. The molecule has 2 N–H and O–H groups in total. The van der Waals surface area contributed by atoms with Crippen molar-refractivity contribution in [1.29, 1.82) is 0 Å². The van der Waals surface area contributed by atoms with E-state index >= 15 is 0 Å². The van der Waals surface area contributed by atoms with Crippen LogP contribution in [0.3, 0.4) is 0 Å². The molecule has 0 amide bonds. The Morgan fingerprint density at radius 3 is 1.76 bits per heavy atom. The van der Waals surface area contributed by atoms with Crippen LogP contribution in [0.5, 0.6) is 0 Å². The minimum absolute atomic E-state index is 0.00190. The number of rotatable bonds is 6. The molecule has 1 aliphatic carbocycles. The lowest BCUT2D eigenvalue weighted by molar-refractivity contribution is 0.442. The Hall–Kier alpha value is -7.98. The van der Waals surface area contributed by atoms with Gasteiger partial charge in [0.15, 0.2) is 0 Å². The zero-order chi connectivity index (χ0) is 43.9. The Balaban J connectivity index is 0.902. The lowest BCUT2D eigenvalue weighted by Gasteiger charge is -2.33. The first-order chi connectivity index (χ1) is 32.5. The van der Waals surface area contributed by atoms with Crippen molar-refractivity contribution in [2.45, 2.75) is 31.5 Å². The molecule has 11 aromatic rings. The first-order valence-electron chi connectivity index (χ1n) is 23.2. The van der Waals surface area contributed by atoms with Crippen molar-refractivity contribution < 1.29 is 0 Å². The molecular formula is C63H47N3. The minimum atomic E-state index is -0.254. The molecule has 66 heavy (non-hydrogen) atoms. The van der Waals surface area contributed by atoms with Crippen LogP contribution in [0.2, 0.25) is 0 Å². The highest BCUT2D eigenvalue weighted by atomic mass is 15.2. The van der Waals surface area contributed by atoms with Gasteiger partial charge in [0.05, 0.1) is 17.1 Å². The van der Waals surface area contributed by atoms with Crippen LogP contribution in [0.25, 0.3) is 88.1 Å². The van der Waals surface area contributed by atoms with E-state index < -0.39 is 0 Å². The van der Waals surface area contributed by atoms with Gasteiger partial charge in [-0.25, -0.2) is 0 Å². The summed E-state index contributed by atoms with van der Waals surface area (Å²) in [6.07, 6.45) is 2.28. The third kappa shape index (κ3) is 6.01. The Morgan fingerprint density at radius 1 is 0.424 bits per heavy atom. The first kappa shape index (κ1) is 38.5. The molecular weight excluding hydrogens is 799 g/mol. The fraction of sp³-hybridized carbons (Fsp3) is 0.0794. The fourth-order valence-electron chi connectivity index (χ4n) is 11.4. The molecule has 2 aliphatic rings. The fourth-order valence-corrected chi connectivity index (χ4v) is 11.4. The van der Waals surface area contributed by atoms with Gasteiger partial charge in [-0.05, 0) is 107 Å². The predicted molar refractivity (Wildman–Crippen MR) is 277 cm³/mol. The van der Waals surface area contributed by atoms with Gasteiger partial charge in [-0.2, -0.15) is 0 Å². The van der Waals surface area contributed by atoms with Crippen molar-refractivity contribution in [2.75, 3.05) is 0 Å². The molecule has 2 atom stereocenters. The number of nitrogens with one attached hydrogen (secondary N) is 2. The third-order valence-corrected chi connectivity index (χ3v) is 14.4. The highest BCUT2D eigenvalue weighted by Crippen LogP contribution is 2.57. The highest BCUT2D eigenvalue weighted by Gasteiger charge is 2.41. The molecule has 0 radical (unpaired) electrons. The second-order valence-corrected chi connectivity index (χ2v) is 18.5. The van der Waals surface area contributed by atoms with Crippen molar-refractivity contribution in [3.05, 3.63) is 252 Å². The number of benzene rings is 10. The largest absolute Gasteiger partial charge is 0.366 e. The van der Waals surface area contributed by atoms with Gasteiger partial charge in [-0.15, -0.1) is 0 Å². The Kier molecular flexibility index (Phi) is 8.78. The molecule has 13 rings (SSSR count). The van der Waals surface area contributed by atoms with Crippen LogP contribution in [-0.2, 0) is 5.41 Å². The predicted octanol–water partition coefficient (Wildman–Crippen LogP) is 15.7. The Bertz CT molecular complexity index is 3710. The molecule has 1 aliphatic heterocycles. The maximum absolute atomic E-state index is 3.91. The molecule has 0 saturated heterocycles. The number of fused-ring (bicyclic) bond motifs is 12. The maximum Gasteiger partial charge on any atom is 0.104 e. The van der Waals surface area contributed by atoms with Crippen LogP contribution in [0.1, 0.15) is 53.9 Å². The average Bonchev–Trinajstić information content (AvgIpc) is 3.85. The summed E-state index contributed by atoms with van der Waals surface area (Å²) in [5.74, 6) is 0. The van der Waals surface area contributed by atoms with Crippen molar-refractivity contribution >= 4 is 49.0 Å². The molecule has 2 heterocycles. The molecule has 3 heteroatoms. The third-order valence-electron chi connectivity index (χ3n) is 14.4. The number of nitrogens with zero attached hydrogens (tertiary/aromatic N) is 1. The minimum Gasteiger partial charge on any atom is -0.366 e. The Labute approximate surface area is 385 Å². The van der Waals surface area contributed by atoms with E-state index in [4.69, 9.17) is 0 Å². The van der Waals surface area contributed by atoms with Crippen LogP contribution in [-0.4, -0.2) is 4.57 Å². The Morgan fingerprint density at radius 2 is 1.00 bits per heavy atom. The van der Waals surface area contributed by atoms with Crippen molar-refractivity contribution in [2.24, 2.45) is 0 Å². The number of hydrogen-bond donors (Lipinski definition) is 2. The highest BCUT2D eigenvalue weighted by molar-refractivity contribution is 6.21. The van der Waals surface area contributed by atoms with Gasteiger partial charge in [-0.3, -0.25) is 5.32 Å². The molecule has 0 bridgehead atoms. The summed E-state index contributed by atoms with van der Waals surface area (Å²) < 4.78 is 2.54. The summed E-state index contributed by atoms with van der Waals surface area (Å²) >= 11 is 0. The molecule has 0 saturated carbocycles. The summed E-state index contributed by atoms with van der Waals surface area (Å²) in [4.78, 5) is 0. The lowest BCUT2D eigenvalue weighted by Crippen LogP contribution is -2.39. The van der Waals surface area contributed by atoms with E-state index in [1.807, 2.05) is 0 Å². The second-order valence-electron chi connectivity index (χ2n) is 18.5. The van der Waals surface area contributed by atoms with E-state index in [0.29, 0.717) is 0 Å². The van der Waals surface area contributed by atoms with Crippen LogP contribution >= 0.6 is 0 Å². The van der Waals surface area contributed by atoms with Crippen molar-refractivity contribution in [3.63, 3.8) is 0 Å². The average molecular weight is 846 g/mol. The summed E-state index contributed by atoms with van der Waals surface area (Å²) in [5.41, 5.74) is 18.5. The topological polar surface area (TPSA) is 29.0 Å². The molecule has 0 spiro atoms. The van der Waals surface area contributed by atoms with Crippen LogP contribution < -0.4 is 10.6 Å². The number of aromatic nitrogens is 1. The molecule has 3 nitrogen and oxygen atoms in total. The zero-order valence-corrected chi connectivity index (χ0v) is 37.0. The van der Waals surface area contributed by atoms with E-state index in [1.54, 1.807) is 0 Å². The van der Waals surface area contributed by atoms with Crippen molar-refractivity contribution in [3.8, 4) is 39.1 Å². The summed E-state index contributed by atoms with van der Waals surface area (Å²) in [7, 11) is 0. The van der Waals surface area contributed by atoms with Gasteiger partial charge in [0.2, 0.25) is 0 Å². The standard InChI is InChI=1S/C63H47N3/c1-63(2)59-52-26-12-10-23-49(52)48-22-9-11-25-51(48)58(59)54-37-36-53-50-24-13-14-27-57(50)66(61(53)60(54)63)47-21-15-20-46(38-47)42-30-34-44(35-31-42)56-39-55(64-62(65-56)45-18-7-4-8-19-45)43-32-28-41(29-33-43)40-16-5-3-6-17-40/h3-39,56,62,64-65H,1-2H3. The van der Waals surface area contributed by atoms with Gasteiger partial charge >= 0.3 is 0 Å². The van der Waals surface area contributed by atoms with E-state index in [-0.39, 0.29) is 17.6 Å². The lowest BCUT2D eigenvalue weighted by atomic mass is 9.78. The van der Waals surface area contributed by atoms with Crippen LogP contribution in [0.15, 0.2) is 224 Å². The van der Waals surface area contributed by atoms with Gasteiger partial charge in [-0.1, -0.05) is 214 Å². The quantitative estimate of drug-likeness (QED) is 0.163. The number of para-hydroxylation sites is 1. The molecule has 10 aromatic carbocycles. The van der Waals surface area contributed by atoms with Gasteiger partial charge < -0.3 is 9.88 Å². The first-order valence-corrected chi connectivity index (χ1v) is 23.2. The number of hydrogen-bond acceptors (Lipinski definition) is 2. The van der Waals surface area contributed by atoms with E-state index in [0.717, 1.165) is 11.4 Å². The van der Waals surface area contributed by atoms with Gasteiger partial charge in [0, 0.05) is 27.6 Å². The maximum atomic E-state index is 3.91. The second kappa shape index (κ2) is 15.1. The van der Waals surface area contributed by atoms with Crippen LogP contribution in [0, 0.1) is 0 Å². The molecule has 0 fully saturated rings. The summed E-state index contributed by atoms with van der Waals surface area (Å²) in [6, 6.07) is 80.2. The van der Waals surface area contributed by atoms with E-state index in [9.17, 15) is 0 Å². The normalized spacial score (nSPS) is 16.3.